The maximum absolute atomic E-state index is 13.2. The summed E-state index contributed by atoms with van der Waals surface area (Å²) in [6.07, 6.45) is 0.843. The molecule has 1 amide bonds. The summed E-state index contributed by atoms with van der Waals surface area (Å²) in [6, 6.07) is 11.4. The molecule has 5 heteroatoms. The summed E-state index contributed by atoms with van der Waals surface area (Å²) in [4.78, 5) is 12.1. The first-order valence-electron chi connectivity index (χ1n) is 7.00. The van der Waals surface area contributed by atoms with Gasteiger partial charge < -0.3 is 5.32 Å². The van der Waals surface area contributed by atoms with Gasteiger partial charge in [0.15, 0.2) is 11.6 Å². The second-order valence-corrected chi connectivity index (χ2v) is 5.38. The van der Waals surface area contributed by atoms with Crippen molar-refractivity contribution >= 4 is 17.5 Å². The monoisotopic (exact) mass is 323 g/mol. The van der Waals surface area contributed by atoms with Crippen molar-refractivity contribution in [3.63, 3.8) is 0 Å². The predicted molar refractivity (Wildman–Crippen MR) is 83.2 cm³/mol. The van der Waals surface area contributed by atoms with Gasteiger partial charge in [0.25, 0.3) is 5.91 Å². The summed E-state index contributed by atoms with van der Waals surface area (Å²) in [5.74, 6) is -2.53. The Balaban J connectivity index is 2.08. The number of hydrogen-bond donors (Lipinski definition) is 1. The minimum atomic E-state index is -1.09. The van der Waals surface area contributed by atoms with E-state index in [9.17, 15) is 13.6 Å². The van der Waals surface area contributed by atoms with Crippen LogP contribution in [0.4, 0.5) is 8.78 Å². The van der Waals surface area contributed by atoms with E-state index in [0.29, 0.717) is 6.54 Å². The molecule has 0 heterocycles. The molecule has 0 saturated carbocycles. The molecule has 0 spiro atoms. The molecule has 0 aliphatic heterocycles. The third-order valence-electron chi connectivity index (χ3n) is 3.53. The van der Waals surface area contributed by atoms with Crippen molar-refractivity contribution in [2.24, 2.45) is 0 Å². The maximum Gasteiger partial charge on any atom is 0.252 e. The Labute approximate surface area is 133 Å². The second kappa shape index (κ2) is 7.36. The molecule has 2 aromatic rings. The lowest BCUT2D eigenvalue weighted by molar-refractivity contribution is 0.0950. The topological polar surface area (TPSA) is 29.1 Å². The van der Waals surface area contributed by atoms with Gasteiger partial charge in [0.2, 0.25) is 0 Å². The van der Waals surface area contributed by atoms with Crippen LogP contribution in [0.1, 0.15) is 35.2 Å². The molecule has 0 saturated heterocycles. The van der Waals surface area contributed by atoms with E-state index in [2.05, 4.69) is 5.32 Å². The van der Waals surface area contributed by atoms with Crippen LogP contribution in [0.15, 0.2) is 42.5 Å². The fourth-order valence-corrected chi connectivity index (χ4v) is 2.47. The number of nitrogens with one attached hydrogen (secondary N) is 1. The van der Waals surface area contributed by atoms with Crippen LogP contribution in [0, 0.1) is 11.6 Å². The zero-order chi connectivity index (χ0) is 16.1. The molecule has 2 nitrogen and oxygen atoms in total. The predicted octanol–water partition coefficient (Wildman–Crippen LogP) is 4.54. The standard InChI is InChI=1S/C17H16ClF2NO/c1-2-11(12-6-4-3-5-7-12)10-21-17(22)13-8-15(19)16(20)9-14(13)18/h3-9,11H,2,10H2,1H3,(H,21,22)/t11-/m0/s1. The molecule has 0 bridgehead atoms. The van der Waals surface area contributed by atoms with Crippen molar-refractivity contribution in [1.29, 1.82) is 0 Å². The van der Waals surface area contributed by atoms with Gasteiger partial charge in [0.1, 0.15) is 0 Å². The van der Waals surface area contributed by atoms with E-state index < -0.39 is 17.5 Å². The van der Waals surface area contributed by atoms with Crippen molar-refractivity contribution in [2.75, 3.05) is 6.54 Å². The molecule has 22 heavy (non-hydrogen) atoms. The number of halogens is 3. The molecular weight excluding hydrogens is 308 g/mol. The maximum atomic E-state index is 13.2. The van der Waals surface area contributed by atoms with Gasteiger partial charge in [-0.1, -0.05) is 48.9 Å². The van der Waals surface area contributed by atoms with Crippen LogP contribution >= 0.6 is 11.6 Å². The van der Waals surface area contributed by atoms with E-state index in [0.717, 1.165) is 24.1 Å². The highest BCUT2D eigenvalue weighted by Crippen LogP contribution is 2.21. The number of hydrogen-bond acceptors (Lipinski definition) is 1. The van der Waals surface area contributed by atoms with Gasteiger partial charge in [-0.05, 0) is 24.1 Å². The van der Waals surface area contributed by atoms with Crippen LogP contribution < -0.4 is 5.32 Å². The fraction of sp³-hybridized carbons (Fsp3) is 0.235. The molecule has 1 atom stereocenters. The summed E-state index contributed by atoms with van der Waals surface area (Å²) < 4.78 is 26.3. The number of carbonyl (C=O) groups is 1. The number of carbonyl (C=O) groups excluding carboxylic acids is 1. The summed E-state index contributed by atoms with van der Waals surface area (Å²) >= 11 is 5.80. The van der Waals surface area contributed by atoms with Crippen molar-refractivity contribution in [2.45, 2.75) is 19.3 Å². The van der Waals surface area contributed by atoms with E-state index in [1.807, 2.05) is 37.3 Å². The molecule has 0 unspecified atom stereocenters. The molecule has 0 aliphatic carbocycles. The van der Waals surface area contributed by atoms with Gasteiger partial charge in [-0.15, -0.1) is 0 Å². The van der Waals surface area contributed by atoms with E-state index in [4.69, 9.17) is 11.6 Å². The molecule has 0 aliphatic rings. The summed E-state index contributed by atoms with van der Waals surface area (Å²) in [5, 5.41) is 2.62. The molecule has 0 aromatic heterocycles. The lowest BCUT2D eigenvalue weighted by Crippen LogP contribution is -2.28. The molecule has 1 N–H and O–H groups in total. The average molecular weight is 324 g/mol. The first kappa shape index (κ1) is 16.4. The molecule has 116 valence electrons. The number of benzene rings is 2. The molecule has 2 aromatic carbocycles. The van der Waals surface area contributed by atoms with Crippen molar-refractivity contribution in [3.05, 3.63) is 70.2 Å². The van der Waals surface area contributed by atoms with Gasteiger partial charge in [-0.2, -0.15) is 0 Å². The highest BCUT2D eigenvalue weighted by Gasteiger charge is 2.16. The van der Waals surface area contributed by atoms with Crippen molar-refractivity contribution < 1.29 is 13.6 Å². The summed E-state index contributed by atoms with van der Waals surface area (Å²) in [7, 11) is 0. The SMILES string of the molecule is CC[C@@H](CNC(=O)c1cc(F)c(F)cc1Cl)c1ccccc1. The van der Waals surface area contributed by atoms with Crippen LogP contribution in [0.3, 0.4) is 0 Å². The van der Waals surface area contributed by atoms with Crippen molar-refractivity contribution in [1.82, 2.24) is 5.32 Å². The van der Waals surface area contributed by atoms with Crippen LogP contribution in [0.5, 0.6) is 0 Å². The van der Waals surface area contributed by atoms with E-state index in [1.54, 1.807) is 0 Å². The fourth-order valence-electron chi connectivity index (χ4n) is 2.23. The lowest BCUT2D eigenvalue weighted by atomic mass is 9.96. The van der Waals surface area contributed by atoms with Crippen molar-refractivity contribution in [3.8, 4) is 0 Å². The van der Waals surface area contributed by atoms with Gasteiger partial charge in [-0.25, -0.2) is 8.78 Å². The van der Waals surface area contributed by atoms with Crippen LogP contribution in [0.2, 0.25) is 5.02 Å². The number of amides is 1. The lowest BCUT2D eigenvalue weighted by Gasteiger charge is -2.16. The first-order chi connectivity index (χ1) is 10.5. The van der Waals surface area contributed by atoms with Gasteiger partial charge in [-0.3, -0.25) is 4.79 Å². The minimum absolute atomic E-state index is 0.0662. The Kier molecular flexibility index (Phi) is 5.50. The highest BCUT2D eigenvalue weighted by atomic mass is 35.5. The third kappa shape index (κ3) is 3.83. The smallest absolute Gasteiger partial charge is 0.252 e. The number of rotatable bonds is 5. The van der Waals surface area contributed by atoms with Gasteiger partial charge in [0, 0.05) is 12.5 Å². The molecule has 2 rings (SSSR count). The molecule has 0 fully saturated rings. The van der Waals surface area contributed by atoms with E-state index in [1.165, 1.54) is 0 Å². The normalized spacial score (nSPS) is 12.0. The summed E-state index contributed by atoms with van der Waals surface area (Å²) in [5.41, 5.74) is 1.05. The first-order valence-corrected chi connectivity index (χ1v) is 7.38. The summed E-state index contributed by atoms with van der Waals surface area (Å²) in [6.45, 7) is 2.42. The highest BCUT2D eigenvalue weighted by molar-refractivity contribution is 6.33. The Hall–Kier alpha value is -1.94. The van der Waals surface area contributed by atoms with Crippen LogP contribution in [-0.4, -0.2) is 12.5 Å². The Morgan fingerprint density at radius 2 is 1.82 bits per heavy atom. The third-order valence-corrected chi connectivity index (χ3v) is 3.84. The average Bonchev–Trinajstić information content (AvgIpc) is 2.52. The van der Waals surface area contributed by atoms with E-state index in [-0.39, 0.29) is 16.5 Å². The largest absolute Gasteiger partial charge is 0.351 e. The zero-order valence-electron chi connectivity index (χ0n) is 12.1. The molecular formula is C17H16ClF2NO. The van der Waals surface area contributed by atoms with Crippen LogP contribution in [-0.2, 0) is 0 Å². The quantitative estimate of drug-likeness (QED) is 0.804. The van der Waals surface area contributed by atoms with E-state index >= 15 is 0 Å². The zero-order valence-corrected chi connectivity index (χ0v) is 12.8. The van der Waals surface area contributed by atoms with Gasteiger partial charge >= 0.3 is 0 Å². The minimum Gasteiger partial charge on any atom is -0.351 e. The van der Waals surface area contributed by atoms with Crippen LogP contribution in [0.25, 0.3) is 0 Å². The second-order valence-electron chi connectivity index (χ2n) is 4.97. The Morgan fingerprint density at radius 1 is 1.18 bits per heavy atom. The van der Waals surface area contributed by atoms with Gasteiger partial charge in [0.05, 0.1) is 10.6 Å². The Bertz CT molecular complexity index is 661. The Morgan fingerprint density at radius 3 is 2.45 bits per heavy atom. The molecule has 0 radical (unpaired) electrons.